The van der Waals surface area contributed by atoms with Crippen LogP contribution in [0.2, 0.25) is 0 Å². The first kappa shape index (κ1) is 63.7. The minimum atomic E-state index is -3.89. The van der Waals surface area contributed by atoms with Crippen molar-refractivity contribution in [3.8, 4) is 0 Å². The minimum Gasteiger partial charge on any atom is -0.379 e. The van der Waals surface area contributed by atoms with Crippen LogP contribution < -0.4 is 15.4 Å². The average molecular weight is 1090 g/mol. The van der Waals surface area contributed by atoms with Crippen LogP contribution in [0.1, 0.15) is 92.6 Å². The molecule has 0 spiro atoms. The van der Waals surface area contributed by atoms with Crippen LogP contribution in [0.5, 0.6) is 0 Å². The molecule has 0 radical (unpaired) electrons. The topological polar surface area (TPSA) is 249 Å². The molecule has 2 fully saturated rings. The third kappa shape index (κ3) is 18.4. The van der Waals surface area contributed by atoms with Crippen LogP contribution in [-0.2, 0) is 73.7 Å². The highest BCUT2D eigenvalue weighted by Crippen LogP contribution is 2.31. The van der Waals surface area contributed by atoms with E-state index in [4.69, 9.17) is 23.7 Å². The summed E-state index contributed by atoms with van der Waals surface area (Å²) in [5, 5.41) is 5.23. The van der Waals surface area contributed by atoms with Crippen molar-refractivity contribution in [1.29, 1.82) is 0 Å². The molecule has 1 aromatic rings. The molecule has 1 saturated heterocycles. The molecule has 1 unspecified atom stereocenters. The van der Waals surface area contributed by atoms with Crippen molar-refractivity contribution in [1.82, 2.24) is 35.0 Å². The van der Waals surface area contributed by atoms with E-state index in [9.17, 15) is 42.0 Å². The van der Waals surface area contributed by atoms with E-state index < -0.39 is 75.4 Å². The summed E-state index contributed by atoms with van der Waals surface area (Å²) >= 11 is 0. The molecule has 1 saturated carbocycles. The van der Waals surface area contributed by atoms with E-state index >= 15 is 0 Å². The number of carbonyl (C=O) groups is 7. The molecule has 76 heavy (non-hydrogen) atoms. The van der Waals surface area contributed by atoms with Gasteiger partial charge in [0.05, 0.1) is 94.1 Å². The zero-order valence-corrected chi connectivity index (χ0v) is 47.5. The van der Waals surface area contributed by atoms with E-state index in [1.165, 1.54) is 26.4 Å². The number of ether oxygens (including phenoxy) is 5. The molecule has 21 nitrogen and oxygen atoms in total. The van der Waals surface area contributed by atoms with Gasteiger partial charge in [-0.1, -0.05) is 85.2 Å². The third-order valence-corrected chi connectivity index (χ3v) is 16.5. The molecule has 428 valence electrons. The molecule has 7 amide bonds. The van der Waals surface area contributed by atoms with Crippen molar-refractivity contribution < 1.29 is 65.7 Å². The second-order valence-corrected chi connectivity index (χ2v) is 22.9. The van der Waals surface area contributed by atoms with Crippen LogP contribution in [0.3, 0.4) is 0 Å². The number of rotatable bonds is 35. The Morgan fingerprint density at radius 1 is 0.763 bits per heavy atom. The molecule has 1 aliphatic carbocycles. The van der Waals surface area contributed by atoms with Crippen LogP contribution in [0, 0.1) is 23.7 Å². The van der Waals surface area contributed by atoms with Crippen LogP contribution in [0.4, 0.5) is 0 Å². The first-order valence-corrected chi connectivity index (χ1v) is 28.4. The van der Waals surface area contributed by atoms with Crippen molar-refractivity contribution in [2.24, 2.45) is 23.7 Å². The van der Waals surface area contributed by atoms with Gasteiger partial charge in [0.1, 0.15) is 12.1 Å². The van der Waals surface area contributed by atoms with E-state index in [2.05, 4.69) is 15.4 Å². The normalized spacial score (nSPS) is 19.1. The van der Waals surface area contributed by atoms with Crippen molar-refractivity contribution in [3.05, 3.63) is 48.0 Å². The van der Waals surface area contributed by atoms with Gasteiger partial charge in [0.25, 0.3) is 17.7 Å². The Bertz CT molecular complexity index is 2190. The molecule has 0 aromatic heterocycles. The molecule has 4 rings (SSSR count). The zero-order valence-electron chi connectivity index (χ0n) is 46.7. The van der Waals surface area contributed by atoms with Gasteiger partial charge < -0.3 is 44.1 Å². The molecule has 9 atom stereocenters. The lowest BCUT2D eigenvalue weighted by Gasteiger charge is -2.41. The maximum Gasteiger partial charge on any atom is 0.256 e. The van der Waals surface area contributed by atoms with Crippen molar-refractivity contribution in [2.75, 3.05) is 87.6 Å². The molecular formula is C54H87N7O14S. The van der Waals surface area contributed by atoms with Gasteiger partial charge in [-0.05, 0) is 56.0 Å². The number of hydrogen-bond acceptors (Lipinski definition) is 15. The van der Waals surface area contributed by atoms with Crippen LogP contribution in [-0.4, -0.2) is 205 Å². The average Bonchev–Trinajstić information content (AvgIpc) is 4.07. The summed E-state index contributed by atoms with van der Waals surface area (Å²) in [5.74, 6) is -4.33. The molecule has 1 aromatic carbocycles. The Balaban J connectivity index is 1.34. The van der Waals surface area contributed by atoms with Crippen LogP contribution in [0.15, 0.2) is 42.5 Å². The molecule has 0 bridgehead atoms. The number of imide groups is 1. The lowest BCUT2D eigenvalue weighted by Crippen LogP contribution is -2.60. The molecular weight excluding hydrogens is 1000 g/mol. The lowest BCUT2D eigenvalue weighted by molar-refractivity contribution is -0.148. The van der Waals surface area contributed by atoms with Gasteiger partial charge >= 0.3 is 0 Å². The highest BCUT2D eigenvalue weighted by molar-refractivity contribution is 7.90. The van der Waals surface area contributed by atoms with Crippen molar-refractivity contribution in [3.63, 3.8) is 0 Å². The summed E-state index contributed by atoms with van der Waals surface area (Å²) in [6.45, 7) is 16.1. The number of benzene rings is 1. The van der Waals surface area contributed by atoms with Crippen LogP contribution in [0.25, 0.3) is 0 Å². The van der Waals surface area contributed by atoms with Gasteiger partial charge in [0.15, 0.2) is 0 Å². The highest BCUT2D eigenvalue weighted by atomic mass is 32.2. The van der Waals surface area contributed by atoms with Gasteiger partial charge in [0.2, 0.25) is 33.7 Å². The maximum atomic E-state index is 14.7. The van der Waals surface area contributed by atoms with Crippen molar-refractivity contribution >= 4 is 51.4 Å². The summed E-state index contributed by atoms with van der Waals surface area (Å²) in [6.07, 6.45) is 3.67. The second kappa shape index (κ2) is 30.9. The molecule has 22 heteroatoms. The van der Waals surface area contributed by atoms with E-state index in [0.29, 0.717) is 78.2 Å². The number of likely N-dealkylation sites (tertiary alicyclic amines) is 1. The SMILES string of the molecule is CC[C@H](C)[C@@H]([C@@H](CC(=O)N1CCC[C@H]1[C@H](OC)[C@@H](C)C(=O)N[C@@H](Cc1ccccc1)C(=O)NS(=O)(=O)C1CC1)OC)N(C)C(=O)[C@@H](NC(=O)C(C(C)C)N(C)CCOCCOCCOCCN1C(=O)C=CC1=O)C(C)C. The van der Waals surface area contributed by atoms with Gasteiger partial charge in [-0.2, -0.15) is 0 Å². The summed E-state index contributed by atoms with van der Waals surface area (Å²) in [4.78, 5) is 100. The number of sulfonamides is 1. The maximum absolute atomic E-state index is 14.7. The lowest BCUT2D eigenvalue weighted by atomic mass is 9.89. The number of hydrogen-bond donors (Lipinski definition) is 3. The first-order chi connectivity index (χ1) is 36.1. The first-order valence-electron chi connectivity index (χ1n) is 26.9. The predicted octanol–water partition coefficient (Wildman–Crippen LogP) is 2.31. The smallest absolute Gasteiger partial charge is 0.256 e. The summed E-state index contributed by atoms with van der Waals surface area (Å²) in [7, 11) is 2.62. The predicted molar refractivity (Wildman–Crippen MR) is 285 cm³/mol. The van der Waals surface area contributed by atoms with Gasteiger partial charge in [-0.3, -0.25) is 48.1 Å². The van der Waals surface area contributed by atoms with E-state index in [0.717, 1.165) is 10.5 Å². The fourth-order valence-electron chi connectivity index (χ4n) is 10.0. The summed E-state index contributed by atoms with van der Waals surface area (Å²) in [5.41, 5.74) is 0.725. The van der Waals surface area contributed by atoms with Crippen molar-refractivity contribution in [2.45, 2.75) is 141 Å². The Hall–Kier alpha value is -4.84. The summed E-state index contributed by atoms with van der Waals surface area (Å²) < 4.78 is 56.6. The number of methoxy groups -OCH3 is 2. The number of nitrogens with one attached hydrogen (secondary N) is 3. The molecule has 3 N–H and O–H groups in total. The third-order valence-electron chi connectivity index (χ3n) is 14.7. The Morgan fingerprint density at radius 2 is 1.37 bits per heavy atom. The van der Waals surface area contributed by atoms with E-state index in [1.807, 2.05) is 59.6 Å². The Kier molecular flexibility index (Phi) is 25.9. The molecule has 3 aliphatic rings. The zero-order chi connectivity index (χ0) is 56.3. The van der Waals surface area contributed by atoms with E-state index in [1.54, 1.807) is 48.0 Å². The standard InChI is InChI=1S/C54H87N7O14S/c1-12-37(6)49(59(9)54(68)47(35(2)3)56-53(67)48(36(4)5)58(8)25-27-73-29-31-75-32-30-74-28-26-61-44(62)22-23-45(61)63)43(71-10)34-46(64)60-24-16-19-42(60)50(72-11)38(7)51(65)55-41(33-39-17-14-13-15-18-39)52(66)57-76(69,70)40-20-21-40/h13-15,17-18,22-23,35-38,40-43,47-50H,12,16,19-21,24-34H2,1-11H3,(H,55,65)(H,56,67)(H,57,66)/t37-,38+,41-,42-,43+,47-,48?,49-,50+/m0/s1. The van der Waals surface area contributed by atoms with Gasteiger partial charge in [-0.15, -0.1) is 0 Å². The van der Waals surface area contributed by atoms with Crippen LogP contribution >= 0.6 is 0 Å². The number of amides is 7. The highest BCUT2D eigenvalue weighted by Gasteiger charge is 2.44. The number of nitrogens with zero attached hydrogens (tertiary/aromatic N) is 4. The quantitative estimate of drug-likeness (QED) is 0.0652. The summed E-state index contributed by atoms with van der Waals surface area (Å²) in [6, 6.07) is 5.21. The Labute approximate surface area is 450 Å². The Morgan fingerprint density at radius 3 is 1.92 bits per heavy atom. The van der Waals surface area contributed by atoms with Gasteiger partial charge in [-0.25, -0.2) is 8.42 Å². The fourth-order valence-corrected chi connectivity index (χ4v) is 11.4. The second-order valence-electron chi connectivity index (χ2n) is 20.9. The molecule has 2 aliphatic heterocycles. The largest absolute Gasteiger partial charge is 0.379 e. The monoisotopic (exact) mass is 1090 g/mol. The van der Waals surface area contributed by atoms with E-state index in [-0.39, 0.29) is 73.3 Å². The minimum absolute atomic E-state index is 0.0515. The van der Waals surface area contributed by atoms with Gasteiger partial charge in [0, 0.05) is 52.9 Å². The fraction of sp³-hybridized carbons (Fsp3) is 0.722. The number of likely N-dealkylation sites (N-methyl/N-ethyl adjacent to an activating group) is 2. The molecule has 2 heterocycles. The number of carbonyl (C=O) groups excluding carboxylic acids is 7.